The standard InChI is InChI=1S/C14H22F3N3O2S/c1-2-3-9-23(21,22)18-7-4-8-20-12(11-5-6-11)10-13(19-20)14(15,16)17/h10-11,18H,2-9H2,1H3. The molecule has 1 heterocycles. The van der Waals surface area contributed by atoms with Crippen molar-refractivity contribution in [2.24, 2.45) is 0 Å². The molecule has 0 aromatic carbocycles. The molecule has 2 rings (SSSR count). The fourth-order valence-electron chi connectivity index (χ4n) is 2.32. The summed E-state index contributed by atoms with van der Waals surface area (Å²) in [4.78, 5) is 0. The highest BCUT2D eigenvalue weighted by molar-refractivity contribution is 7.89. The number of halogens is 3. The lowest BCUT2D eigenvalue weighted by Crippen LogP contribution is -2.28. The van der Waals surface area contributed by atoms with E-state index >= 15 is 0 Å². The normalized spacial score (nSPS) is 16.0. The van der Waals surface area contributed by atoms with Crippen LogP contribution in [0, 0.1) is 0 Å². The van der Waals surface area contributed by atoms with E-state index < -0.39 is 21.9 Å². The average molecular weight is 353 g/mol. The Morgan fingerprint density at radius 2 is 2.04 bits per heavy atom. The maximum absolute atomic E-state index is 12.8. The van der Waals surface area contributed by atoms with Crippen LogP contribution in [0.1, 0.15) is 56.3 Å². The van der Waals surface area contributed by atoms with Gasteiger partial charge in [-0.3, -0.25) is 4.68 Å². The van der Waals surface area contributed by atoms with E-state index in [2.05, 4.69) is 9.82 Å². The van der Waals surface area contributed by atoms with Crippen molar-refractivity contribution in [2.75, 3.05) is 12.3 Å². The number of alkyl halides is 3. The van der Waals surface area contributed by atoms with E-state index in [-0.39, 0.29) is 24.8 Å². The smallest absolute Gasteiger partial charge is 0.269 e. The zero-order valence-electron chi connectivity index (χ0n) is 13.1. The molecule has 1 aliphatic carbocycles. The minimum atomic E-state index is -4.45. The van der Waals surface area contributed by atoms with Crippen LogP contribution >= 0.6 is 0 Å². The van der Waals surface area contributed by atoms with E-state index in [1.54, 1.807) is 0 Å². The second kappa shape index (κ2) is 7.21. The fourth-order valence-corrected chi connectivity index (χ4v) is 3.59. The number of aryl methyl sites for hydroxylation is 1. The Labute approximate surface area is 134 Å². The molecule has 0 spiro atoms. The first-order valence-corrected chi connectivity index (χ1v) is 9.50. The first-order valence-electron chi connectivity index (χ1n) is 7.85. The highest BCUT2D eigenvalue weighted by Crippen LogP contribution is 2.42. The van der Waals surface area contributed by atoms with Crippen LogP contribution in [0.3, 0.4) is 0 Å². The lowest BCUT2D eigenvalue weighted by atomic mass is 10.2. The molecule has 1 N–H and O–H groups in total. The average Bonchev–Trinajstić information content (AvgIpc) is 3.20. The Bertz CT molecular complexity index is 622. The molecule has 1 saturated carbocycles. The number of rotatable bonds is 9. The molecule has 0 atom stereocenters. The second-order valence-electron chi connectivity index (χ2n) is 5.87. The summed E-state index contributed by atoms with van der Waals surface area (Å²) >= 11 is 0. The maximum Gasteiger partial charge on any atom is 0.435 e. The molecule has 132 valence electrons. The highest BCUT2D eigenvalue weighted by atomic mass is 32.2. The monoisotopic (exact) mass is 353 g/mol. The molecule has 0 radical (unpaired) electrons. The molecule has 0 aliphatic heterocycles. The molecule has 0 saturated heterocycles. The molecule has 1 aromatic heterocycles. The summed E-state index contributed by atoms with van der Waals surface area (Å²) in [5.41, 5.74) is -0.269. The van der Waals surface area contributed by atoms with E-state index in [1.165, 1.54) is 4.68 Å². The molecule has 0 unspecified atom stereocenters. The van der Waals surface area contributed by atoms with Crippen LogP contribution in [0.5, 0.6) is 0 Å². The molecule has 23 heavy (non-hydrogen) atoms. The lowest BCUT2D eigenvalue weighted by molar-refractivity contribution is -0.141. The molecule has 1 fully saturated rings. The van der Waals surface area contributed by atoms with Crippen LogP contribution < -0.4 is 4.72 Å². The van der Waals surface area contributed by atoms with Crippen LogP contribution in [0.4, 0.5) is 13.2 Å². The van der Waals surface area contributed by atoms with Gasteiger partial charge in [0.2, 0.25) is 10.0 Å². The second-order valence-corrected chi connectivity index (χ2v) is 7.80. The summed E-state index contributed by atoms with van der Waals surface area (Å²) in [5, 5.41) is 3.64. The van der Waals surface area contributed by atoms with Crippen molar-refractivity contribution < 1.29 is 21.6 Å². The summed E-state index contributed by atoms with van der Waals surface area (Å²) in [6.07, 6.45) is -0.894. The van der Waals surface area contributed by atoms with Crippen molar-refractivity contribution in [1.82, 2.24) is 14.5 Å². The van der Waals surface area contributed by atoms with Crippen molar-refractivity contribution in [1.29, 1.82) is 0 Å². The van der Waals surface area contributed by atoms with Gasteiger partial charge < -0.3 is 0 Å². The summed E-state index contributed by atoms with van der Waals surface area (Å²) in [5.74, 6) is 0.233. The van der Waals surface area contributed by atoms with Crippen LogP contribution in [0.15, 0.2) is 6.07 Å². The number of nitrogens with zero attached hydrogens (tertiary/aromatic N) is 2. The first-order chi connectivity index (χ1) is 10.7. The predicted molar refractivity (Wildman–Crippen MR) is 80.5 cm³/mol. The van der Waals surface area contributed by atoms with Crippen molar-refractivity contribution in [3.05, 3.63) is 17.5 Å². The third-order valence-corrected chi connectivity index (χ3v) is 5.20. The van der Waals surface area contributed by atoms with Gasteiger partial charge >= 0.3 is 6.18 Å². The van der Waals surface area contributed by atoms with E-state index in [0.717, 1.165) is 25.3 Å². The Morgan fingerprint density at radius 3 is 2.61 bits per heavy atom. The zero-order valence-corrected chi connectivity index (χ0v) is 13.9. The van der Waals surface area contributed by atoms with Gasteiger partial charge in [-0.25, -0.2) is 13.1 Å². The summed E-state index contributed by atoms with van der Waals surface area (Å²) in [6.45, 7) is 2.39. The zero-order chi connectivity index (χ0) is 17.1. The van der Waals surface area contributed by atoms with Gasteiger partial charge in [-0.05, 0) is 31.7 Å². The third kappa shape index (κ3) is 5.49. The highest BCUT2D eigenvalue weighted by Gasteiger charge is 2.37. The van der Waals surface area contributed by atoms with Gasteiger partial charge in [-0.1, -0.05) is 13.3 Å². The molecular weight excluding hydrogens is 331 g/mol. The minimum absolute atomic E-state index is 0.0802. The number of unbranched alkanes of at least 4 members (excludes halogenated alkanes) is 1. The van der Waals surface area contributed by atoms with Gasteiger partial charge in [0, 0.05) is 24.7 Å². The van der Waals surface area contributed by atoms with Crippen LogP contribution in [0.2, 0.25) is 0 Å². The van der Waals surface area contributed by atoms with E-state index in [0.29, 0.717) is 18.5 Å². The van der Waals surface area contributed by atoms with Gasteiger partial charge in [0.1, 0.15) is 0 Å². The summed E-state index contributed by atoms with van der Waals surface area (Å²) in [7, 11) is -3.29. The molecular formula is C14H22F3N3O2S. The molecule has 1 aliphatic rings. The van der Waals surface area contributed by atoms with Gasteiger partial charge in [0.15, 0.2) is 5.69 Å². The molecule has 5 nitrogen and oxygen atoms in total. The molecule has 0 amide bonds. The van der Waals surface area contributed by atoms with Gasteiger partial charge in [0.05, 0.1) is 5.75 Å². The van der Waals surface area contributed by atoms with Crippen molar-refractivity contribution in [3.63, 3.8) is 0 Å². The molecule has 9 heteroatoms. The van der Waals surface area contributed by atoms with E-state index in [9.17, 15) is 21.6 Å². The topological polar surface area (TPSA) is 64.0 Å². The number of nitrogens with one attached hydrogen (secondary N) is 1. The largest absolute Gasteiger partial charge is 0.435 e. The Balaban J connectivity index is 1.89. The predicted octanol–water partition coefficient (Wildman–Crippen LogP) is 2.89. The Morgan fingerprint density at radius 1 is 1.35 bits per heavy atom. The number of hydrogen-bond donors (Lipinski definition) is 1. The number of sulfonamides is 1. The number of hydrogen-bond acceptors (Lipinski definition) is 3. The van der Waals surface area contributed by atoms with E-state index in [1.807, 2.05) is 6.92 Å². The lowest BCUT2D eigenvalue weighted by Gasteiger charge is -2.08. The van der Waals surface area contributed by atoms with E-state index in [4.69, 9.17) is 0 Å². The SMILES string of the molecule is CCCCS(=O)(=O)NCCCn1nc(C(F)(F)F)cc1C1CC1. The summed E-state index contributed by atoms with van der Waals surface area (Å²) < 4.78 is 65.4. The minimum Gasteiger partial charge on any atom is -0.269 e. The molecule has 0 bridgehead atoms. The van der Waals surface area contributed by atoms with Crippen molar-refractivity contribution in [3.8, 4) is 0 Å². The summed E-state index contributed by atoms with van der Waals surface area (Å²) in [6, 6.07) is 1.11. The van der Waals surface area contributed by atoms with Gasteiger partial charge in [-0.2, -0.15) is 18.3 Å². The molecule has 1 aromatic rings. The van der Waals surface area contributed by atoms with Crippen LogP contribution in [-0.2, 0) is 22.7 Å². The Hall–Kier alpha value is -1.09. The maximum atomic E-state index is 12.8. The third-order valence-electron chi connectivity index (χ3n) is 3.73. The Kier molecular flexibility index (Phi) is 5.72. The number of aromatic nitrogens is 2. The van der Waals surface area contributed by atoms with Crippen LogP contribution in [-0.4, -0.2) is 30.5 Å². The van der Waals surface area contributed by atoms with Crippen molar-refractivity contribution >= 4 is 10.0 Å². The van der Waals surface area contributed by atoms with Crippen LogP contribution in [0.25, 0.3) is 0 Å². The quantitative estimate of drug-likeness (QED) is 0.694. The van der Waals surface area contributed by atoms with Gasteiger partial charge in [-0.15, -0.1) is 0 Å². The fraction of sp³-hybridized carbons (Fsp3) is 0.786. The van der Waals surface area contributed by atoms with Gasteiger partial charge in [0.25, 0.3) is 0 Å². The van der Waals surface area contributed by atoms with Crippen molar-refractivity contribution in [2.45, 2.75) is 57.7 Å². The first kappa shape index (κ1) is 18.3.